The van der Waals surface area contributed by atoms with E-state index < -0.39 is 29.2 Å². The molecule has 6 heteroatoms. The van der Waals surface area contributed by atoms with E-state index in [0.717, 1.165) is 42.9 Å². The molecule has 0 saturated heterocycles. The van der Waals surface area contributed by atoms with Crippen LogP contribution in [-0.2, 0) is 0 Å². The maximum Gasteiger partial charge on any atom is 0.343 e. The molecule has 0 radical (unpaired) electrons. The molecule has 0 fully saturated rings. The van der Waals surface area contributed by atoms with Crippen LogP contribution in [0.25, 0.3) is 0 Å². The number of benzene rings is 3. The van der Waals surface area contributed by atoms with Gasteiger partial charge in [-0.15, -0.1) is 0 Å². The molecule has 0 aliphatic rings. The third-order valence-corrected chi connectivity index (χ3v) is 5.50. The summed E-state index contributed by atoms with van der Waals surface area (Å²) in [6.45, 7) is 2.87. The van der Waals surface area contributed by atoms with Crippen LogP contribution < -0.4 is 9.47 Å². The second-order valence-corrected chi connectivity index (χ2v) is 8.41. The van der Waals surface area contributed by atoms with Crippen LogP contribution in [0.3, 0.4) is 0 Å². The second kappa shape index (κ2) is 14.0. The Hall–Kier alpha value is -3.72. The third kappa shape index (κ3) is 8.49. The number of ether oxygens (including phenoxy) is 2. The normalized spacial score (nSPS) is 10.4. The van der Waals surface area contributed by atoms with E-state index in [4.69, 9.17) is 9.47 Å². The predicted octanol–water partition coefficient (Wildman–Crippen LogP) is 7.85. The van der Waals surface area contributed by atoms with Crippen molar-refractivity contribution in [1.82, 2.24) is 0 Å². The summed E-state index contributed by atoms with van der Waals surface area (Å²) >= 11 is 0. The molecular weight excluding hydrogens is 465 g/mol. The van der Waals surface area contributed by atoms with Gasteiger partial charge in [-0.1, -0.05) is 57.3 Å². The van der Waals surface area contributed by atoms with Crippen LogP contribution >= 0.6 is 0 Å². The van der Waals surface area contributed by atoms with Crippen molar-refractivity contribution >= 4 is 5.97 Å². The Morgan fingerprint density at radius 2 is 1.33 bits per heavy atom. The van der Waals surface area contributed by atoms with E-state index in [1.807, 2.05) is 12.1 Å². The van der Waals surface area contributed by atoms with Crippen molar-refractivity contribution in [3.05, 3.63) is 94.8 Å². The molecule has 3 nitrogen and oxygen atoms in total. The van der Waals surface area contributed by atoms with E-state index in [2.05, 4.69) is 18.8 Å². The van der Waals surface area contributed by atoms with Gasteiger partial charge in [-0.25, -0.2) is 18.0 Å². The summed E-state index contributed by atoms with van der Waals surface area (Å²) in [5.41, 5.74) is 0.714. The molecule has 0 aliphatic carbocycles. The topological polar surface area (TPSA) is 35.5 Å². The molecule has 3 rings (SSSR count). The lowest BCUT2D eigenvalue weighted by Gasteiger charge is -2.07. The average Bonchev–Trinajstić information content (AvgIpc) is 2.87. The summed E-state index contributed by atoms with van der Waals surface area (Å²) in [7, 11) is 0. The largest absolute Gasteiger partial charge is 0.494 e. The number of carbonyl (C=O) groups excluding carboxylic acids is 1. The zero-order chi connectivity index (χ0) is 25.8. The number of esters is 1. The van der Waals surface area contributed by atoms with Crippen LogP contribution in [0.4, 0.5) is 13.2 Å². The standard InChI is InChI=1S/C30H29F3O3/c1-2-3-4-5-6-7-8-19-35-26-17-11-22(12-18-26)9-10-23-20-27(32)29(28(33)21-23)36-30(34)24-13-15-25(31)16-14-24/h11-18,20-21H,2-8,19H2,1H3. The molecule has 0 aliphatic heterocycles. The Morgan fingerprint density at radius 1 is 0.750 bits per heavy atom. The SMILES string of the molecule is CCCCCCCCCOc1ccc(C#Cc2cc(F)c(OC(=O)c3ccc(F)cc3)c(F)c2)cc1. The molecular formula is C30H29F3O3. The Balaban J connectivity index is 1.52. The van der Waals surface area contributed by atoms with E-state index in [-0.39, 0.29) is 11.1 Å². The van der Waals surface area contributed by atoms with E-state index in [0.29, 0.717) is 12.2 Å². The monoisotopic (exact) mass is 494 g/mol. The molecule has 0 spiro atoms. The van der Waals surface area contributed by atoms with Gasteiger partial charge in [-0.2, -0.15) is 0 Å². The highest BCUT2D eigenvalue weighted by Gasteiger charge is 2.17. The minimum absolute atomic E-state index is 0.0334. The Bertz CT molecular complexity index is 1170. The van der Waals surface area contributed by atoms with Gasteiger partial charge in [-0.05, 0) is 67.1 Å². The summed E-state index contributed by atoms with van der Waals surface area (Å²) in [6.07, 6.45) is 8.53. The summed E-state index contributed by atoms with van der Waals surface area (Å²) in [4.78, 5) is 12.1. The lowest BCUT2D eigenvalue weighted by molar-refractivity contribution is 0.0720. The maximum atomic E-state index is 14.4. The molecule has 3 aromatic carbocycles. The number of halogens is 3. The first-order valence-electron chi connectivity index (χ1n) is 12.2. The molecule has 0 N–H and O–H groups in total. The highest BCUT2D eigenvalue weighted by Crippen LogP contribution is 2.24. The zero-order valence-corrected chi connectivity index (χ0v) is 20.3. The average molecular weight is 495 g/mol. The molecule has 0 saturated carbocycles. The summed E-state index contributed by atoms with van der Waals surface area (Å²) in [5.74, 6) is 1.80. The fraction of sp³-hybridized carbons (Fsp3) is 0.300. The van der Waals surface area contributed by atoms with Gasteiger partial charge in [0.05, 0.1) is 12.2 Å². The number of hydrogen-bond acceptors (Lipinski definition) is 3. The molecule has 3 aromatic rings. The van der Waals surface area contributed by atoms with Crippen molar-refractivity contribution < 1.29 is 27.4 Å². The van der Waals surface area contributed by atoms with Crippen molar-refractivity contribution in [3.8, 4) is 23.3 Å². The van der Waals surface area contributed by atoms with Crippen LogP contribution in [0.5, 0.6) is 11.5 Å². The van der Waals surface area contributed by atoms with E-state index >= 15 is 0 Å². The molecule has 0 unspecified atom stereocenters. The zero-order valence-electron chi connectivity index (χ0n) is 20.3. The fourth-order valence-corrected chi connectivity index (χ4v) is 3.50. The molecule has 0 bridgehead atoms. The van der Waals surface area contributed by atoms with E-state index in [9.17, 15) is 18.0 Å². The first-order chi connectivity index (χ1) is 17.5. The number of unbranched alkanes of at least 4 members (excludes halogenated alkanes) is 6. The van der Waals surface area contributed by atoms with Crippen molar-refractivity contribution in [2.75, 3.05) is 6.61 Å². The van der Waals surface area contributed by atoms with Crippen molar-refractivity contribution in [3.63, 3.8) is 0 Å². The van der Waals surface area contributed by atoms with Crippen LogP contribution in [0.2, 0.25) is 0 Å². The number of rotatable bonds is 11. The van der Waals surface area contributed by atoms with Gasteiger partial charge in [0.25, 0.3) is 0 Å². The van der Waals surface area contributed by atoms with E-state index in [1.165, 1.54) is 44.2 Å². The van der Waals surface area contributed by atoms with Gasteiger partial charge in [0.1, 0.15) is 11.6 Å². The smallest absolute Gasteiger partial charge is 0.343 e. The Labute approximate surface area is 210 Å². The van der Waals surface area contributed by atoms with Gasteiger partial charge in [0.15, 0.2) is 11.6 Å². The molecule has 0 amide bonds. The molecule has 0 aromatic heterocycles. The van der Waals surface area contributed by atoms with Crippen molar-refractivity contribution in [2.45, 2.75) is 51.9 Å². The minimum atomic E-state index is -1.07. The van der Waals surface area contributed by atoms with Crippen LogP contribution in [0, 0.1) is 29.3 Å². The van der Waals surface area contributed by atoms with Gasteiger partial charge in [0, 0.05) is 11.1 Å². The molecule has 188 valence electrons. The summed E-state index contributed by atoms with van der Waals surface area (Å²) in [6, 6.07) is 13.6. The van der Waals surface area contributed by atoms with Gasteiger partial charge in [-0.3, -0.25) is 0 Å². The maximum absolute atomic E-state index is 14.4. The van der Waals surface area contributed by atoms with Crippen LogP contribution in [-0.4, -0.2) is 12.6 Å². The Morgan fingerprint density at radius 3 is 1.97 bits per heavy atom. The molecule has 0 heterocycles. The second-order valence-electron chi connectivity index (χ2n) is 8.41. The lowest BCUT2D eigenvalue weighted by atomic mass is 10.1. The highest BCUT2D eigenvalue weighted by atomic mass is 19.1. The van der Waals surface area contributed by atoms with Crippen LogP contribution in [0.15, 0.2) is 60.7 Å². The summed E-state index contributed by atoms with van der Waals surface area (Å²) in [5, 5.41) is 0. The fourth-order valence-electron chi connectivity index (χ4n) is 3.50. The molecule has 0 atom stereocenters. The van der Waals surface area contributed by atoms with Crippen molar-refractivity contribution in [2.24, 2.45) is 0 Å². The number of hydrogen-bond donors (Lipinski definition) is 0. The predicted molar refractivity (Wildman–Crippen MR) is 134 cm³/mol. The first-order valence-corrected chi connectivity index (χ1v) is 12.2. The van der Waals surface area contributed by atoms with E-state index in [1.54, 1.807) is 12.1 Å². The first kappa shape index (κ1) is 26.9. The van der Waals surface area contributed by atoms with Crippen LogP contribution in [0.1, 0.15) is 73.4 Å². The quantitative estimate of drug-likeness (QED) is 0.118. The Kier molecular flexibility index (Phi) is 10.4. The van der Waals surface area contributed by atoms with Gasteiger partial charge in [0.2, 0.25) is 5.75 Å². The van der Waals surface area contributed by atoms with Gasteiger partial charge < -0.3 is 9.47 Å². The lowest BCUT2D eigenvalue weighted by Crippen LogP contribution is -2.11. The van der Waals surface area contributed by atoms with Gasteiger partial charge >= 0.3 is 5.97 Å². The third-order valence-electron chi connectivity index (χ3n) is 5.50. The molecule has 36 heavy (non-hydrogen) atoms. The highest BCUT2D eigenvalue weighted by molar-refractivity contribution is 5.91. The van der Waals surface area contributed by atoms with Crippen molar-refractivity contribution in [1.29, 1.82) is 0 Å². The summed E-state index contributed by atoms with van der Waals surface area (Å²) < 4.78 is 52.4. The number of carbonyl (C=O) groups is 1. The minimum Gasteiger partial charge on any atom is -0.494 e.